The van der Waals surface area contributed by atoms with Gasteiger partial charge in [0.25, 0.3) is 0 Å². The number of nitrogens with one attached hydrogen (secondary N) is 1. The second kappa shape index (κ2) is 6.13. The average molecular weight is 299 g/mol. The van der Waals surface area contributed by atoms with Crippen LogP contribution in [0.15, 0.2) is 12.1 Å². The lowest BCUT2D eigenvalue weighted by Gasteiger charge is -2.40. The summed E-state index contributed by atoms with van der Waals surface area (Å²) in [5, 5.41) is 3.77. The van der Waals surface area contributed by atoms with E-state index in [0.29, 0.717) is 6.04 Å². The van der Waals surface area contributed by atoms with Crippen LogP contribution in [0.4, 0.5) is 0 Å². The van der Waals surface area contributed by atoms with Crippen molar-refractivity contribution in [3.05, 3.63) is 21.3 Å². The van der Waals surface area contributed by atoms with Crippen molar-refractivity contribution in [2.24, 2.45) is 5.92 Å². The molecule has 19 heavy (non-hydrogen) atoms. The fourth-order valence-electron chi connectivity index (χ4n) is 3.15. The van der Waals surface area contributed by atoms with Crippen molar-refractivity contribution >= 4 is 22.9 Å². The molecule has 4 heteroatoms. The minimum absolute atomic E-state index is 0.695. The van der Waals surface area contributed by atoms with Gasteiger partial charge in [0.15, 0.2) is 0 Å². The van der Waals surface area contributed by atoms with Crippen LogP contribution in [0.25, 0.3) is 0 Å². The first-order chi connectivity index (χ1) is 9.26. The molecule has 2 aliphatic rings. The lowest BCUT2D eigenvalue weighted by molar-refractivity contribution is 0.109. The summed E-state index contributed by atoms with van der Waals surface area (Å²) in [6.45, 7) is 5.74. The van der Waals surface area contributed by atoms with E-state index in [9.17, 15) is 0 Å². The van der Waals surface area contributed by atoms with Gasteiger partial charge in [-0.3, -0.25) is 4.90 Å². The maximum Gasteiger partial charge on any atom is 0.0931 e. The summed E-state index contributed by atoms with van der Waals surface area (Å²) in [7, 11) is 0. The van der Waals surface area contributed by atoms with Crippen molar-refractivity contribution in [3.63, 3.8) is 0 Å². The van der Waals surface area contributed by atoms with Gasteiger partial charge in [-0.25, -0.2) is 0 Å². The molecule has 1 aromatic heterocycles. The fraction of sp³-hybridized carbons (Fsp3) is 0.733. The normalized spacial score (nSPS) is 28.7. The third kappa shape index (κ3) is 3.52. The smallest absolute Gasteiger partial charge is 0.0931 e. The van der Waals surface area contributed by atoms with Crippen LogP contribution >= 0.6 is 22.9 Å². The molecule has 2 fully saturated rings. The molecule has 1 aliphatic carbocycles. The van der Waals surface area contributed by atoms with Crippen LogP contribution in [0.3, 0.4) is 0 Å². The Morgan fingerprint density at radius 1 is 1.42 bits per heavy atom. The fourth-order valence-corrected chi connectivity index (χ4v) is 4.26. The number of rotatable bonds is 5. The second-order valence-electron chi connectivity index (χ2n) is 5.93. The highest BCUT2D eigenvalue weighted by molar-refractivity contribution is 7.16. The standard InChI is InChI=1S/C15H23ClN2S/c1-2-3-12-8-17-14(11-4-5-11)10-18(12)9-13-6-7-15(16)19-13/h6-7,11-12,14,17H,2-5,8-10H2,1H3. The molecule has 2 atom stereocenters. The topological polar surface area (TPSA) is 15.3 Å². The third-order valence-electron chi connectivity index (χ3n) is 4.36. The zero-order chi connectivity index (χ0) is 13.2. The minimum atomic E-state index is 0.695. The van der Waals surface area contributed by atoms with E-state index in [4.69, 9.17) is 11.6 Å². The van der Waals surface area contributed by atoms with Gasteiger partial charge in [0, 0.05) is 36.6 Å². The van der Waals surface area contributed by atoms with E-state index in [1.165, 1.54) is 37.1 Å². The molecule has 0 bridgehead atoms. The van der Waals surface area contributed by atoms with Crippen LogP contribution in [-0.4, -0.2) is 30.1 Å². The molecule has 1 aliphatic heterocycles. The molecule has 0 aromatic carbocycles. The quantitative estimate of drug-likeness (QED) is 0.890. The predicted octanol–water partition coefficient (Wildman–Crippen LogP) is 3.75. The molecule has 0 amide bonds. The van der Waals surface area contributed by atoms with E-state index in [1.807, 2.05) is 6.07 Å². The molecule has 1 N–H and O–H groups in total. The zero-order valence-corrected chi connectivity index (χ0v) is 13.1. The van der Waals surface area contributed by atoms with Gasteiger partial charge < -0.3 is 5.32 Å². The summed E-state index contributed by atoms with van der Waals surface area (Å²) in [5.74, 6) is 0.942. The molecule has 2 heterocycles. The highest BCUT2D eigenvalue weighted by atomic mass is 35.5. The monoisotopic (exact) mass is 298 g/mol. The predicted molar refractivity (Wildman–Crippen MR) is 82.9 cm³/mol. The number of halogens is 1. The first kappa shape index (κ1) is 13.9. The molecule has 1 saturated heterocycles. The molecule has 0 spiro atoms. The molecule has 3 rings (SSSR count). The molecular weight excluding hydrogens is 276 g/mol. The van der Waals surface area contributed by atoms with Gasteiger partial charge in [0.2, 0.25) is 0 Å². The van der Waals surface area contributed by atoms with Crippen LogP contribution in [0, 0.1) is 5.92 Å². The third-order valence-corrected chi connectivity index (χ3v) is 5.58. The van der Waals surface area contributed by atoms with Gasteiger partial charge in [-0.15, -0.1) is 11.3 Å². The lowest BCUT2D eigenvalue weighted by Crippen LogP contribution is -2.56. The summed E-state index contributed by atoms with van der Waals surface area (Å²) in [6.07, 6.45) is 5.41. The molecule has 2 unspecified atom stereocenters. The first-order valence-corrected chi connectivity index (χ1v) is 8.67. The van der Waals surface area contributed by atoms with E-state index in [-0.39, 0.29) is 0 Å². The van der Waals surface area contributed by atoms with Gasteiger partial charge in [-0.2, -0.15) is 0 Å². The molecule has 1 aromatic rings. The molecule has 0 radical (unpaired) electrons. The molecule has 1 saturated carbocycles. The zero-order valence-electron chi connectivity index (χ0n) is 11.6. The van der Waals surface area contributed by atoms with Gasteiger partial charge in [-0.05, 0) is 37.3 Å². The summed E-state index contributed by atoms with van der Waals surface area (Å²) >= 11 is 7.78. The molecule has 2 nitrogen and oxygen atoms in total. The summed E-state index contributed by atoms with van der Waals surface area (Å²) in [5.41, 5.74) is 0. The number of piperazine rings is 1. The summed E-state index contributed by atoms with van der Waals surface area (Å²) in [6, 6.07) is 5.63. The summed E-state index contributed by atoms with van der Waals surface area (Å²) in [4.78, 5) is 4.09. The Hall–Kier alpha value is -0.0900. The maximum atomic E-state index is 6.05. The first-order valence-electron chi connectivity index (χ1n) is 7.48. The van der Waals surface area contributed by atoms with Crippen molar-refractivity contribution in [1.82, 2.24) is 10.2 Å². The van der Waals surface area contributed by atoms with Crippen molar-refractivity contribution in [2.45, 2.75) is 51.2 Å². The Kier molecular flexibility index (Phi) is 4.47. The van der Waals surface area contributed by atoms with E-state index in [1.54, 1.807) is 11.3 Å². The Morgan fingerprint density at radius 3 is 2.89 bits per heavy atom. The SMILES string of the molecule is CCCC1CNC(C2CC2)CN1Cc1ccc(Cl)s1. The van der Waals surface area contributed by atoms with Crippen molar-refractivity contribution in [1.29, 1.82) is 0 Å². The Balaban J connectivity index is 1.65. The van der Waals surface area contributed by atoms with Crippen LogP contribution in [0.1, 0.15) is 37.5 Å². The van der Waals surface area contributed by atoms with E-state index in [0.717, 1.165) is 29.4 Å². The van der Waals surface area contributed by atoms with Crippen LogP contribution < -0.4 is 5.32 Å². The maximum absolute atomic E-state index is 6.05. The minimum Gasteiger partial charge on any atom is -0.311 e. The number of hydrogen-bond acceptors (Lipinski definition) is 3. The van der Waals surface area contributed by atoms with Gasteiger partial charge in [0.1, 0.15) is 0 Å². The second-order valence-corrected chi connectivity index (χ2v) is 7.73. The summed E-state index contributed by atoms with van der Waals surface area (Å²) < 4.78 is 0.913. The lowest BCUT2D eigenvalue weighted by atomic mass is 10.0. The highest BCUT2D eigenvalue weighted by Gasteiger charge is 2.36. The van der Waals surface area contributed by atoms with E-state index < -0.39 is 0 Å². The number of hydrogen-bond donors (Lipinski definition) is 1. The average Bonchev–Trinajstić information content (AvgIpc) is 3.16. The van der Waals surface area contributed by atoms with Gasteiger partial charge >= 0.3 is 0 Å². The van der Waals surface area contributed by atoms with Gasteiger partial charge in [-0.1, -0.05) is 24.9 Å². The number of nitrogens with zero attached hydrogens (tertiary/aromatic N) is 1. The Bertz CT molecular complexity index is 416. The Labute approximate surface area is 125 Å². The van der Waals surface area contributed by atoms with Crippen LogP contribution in [0.5, 0.6) is 0 Å². The van der Waals surface area contributed by atoms with Crippen LogP contribution in [-0.2, 0) is 6.54 Å². The number of thiophene rings is 1. The van der Waals surface area contributed by atoms with Crippen molar-refractivity contribution in [3.8, 4) is 0 Å². The van der Waals surface area contributed by atoms with E-state index >= 15 is 0 Å². The molecule has 106 valence electrons. The van der Waals surface area contributed by atoms with Crippen molar-refractivity contribution < 1.29 is 0 Å². The molecular formula is C15H23ClN2S. The Morgan fingerprint density at radius 2 is 2.26 bits per heavy atom. The van der Waals surface area contributed by atoms with Crippen LogP contribution in [0.2, 0.25) is 4.34 Å². The largest absolute Gasteiger partial charge is 0.311 e. The van der Waals surface area contributed by atoms with Gasteiger partial charge in [0.05, 0.1) is 4.34 Å². The van der Waals surface area contributed by atoms with E-state index in [2.05, 4.69) is 23.2 Å². The highest BCUT2D eigenvalue weighted by Crippen LogP contribution is 2.35. The van der Waals surface area contributed by atoms with Crippen molar-refractivity contribution in [2.75, 3.05) is 13.1 Å².